The number of carboxylic acid groups (broad SMARTS) is 1. The second kappa shape index (κ2) is 6.35. The van der Waals surface area contributed by atoms with Gasteiger partial charge in [0.15, 0.2) is 0 Å². The lowest BCUT2D eigenvalue weighted by molar-refractivity contribution is 0.0698. The van der Waals surface area contributed by atoms with E-state index in [9.17, 15) is 14.7 Å². The van der Waals surface area contributed by atoms with Crippen molar-refractivity contribution in [2.24, 2.45) is 0 Å². The first-order valence-electron chi connectivity index (χ1n) is 7.06. The summed E-state index contributed by atoms with van der Waals surface area (Å²) in [6, 6.07) is 4.54. The van der Waals surface area contributed by atoms with E-state index in [2.05, 4.69) is 5.32 Å². The number of likely N-dealkylation sites (tertiary alicyclic amines) is 1. The van der Waals surface area contributed by atoms with E-state index in [1.165, 1.54) is 12.1 Å². The van der Waals surface area contributed by atoms with Crippen molar-refractivity contribution in [3.63, 3.8) is 0 Å². The van der Waals surface area contributed by atoms with Crippen molar-refractivity contribution in [1.29, 1.82) is 0 Å². The van der Waals surface area contributed by atoms with Gasteiger partial charge in [-0.25, -0.2) is 9.59 Å². The molecule has 2 unspecified atom stereocenters. The summed E-state index contributed by atoms with van der Waals surface area (Å²) < 4.78 is 0. The number of nitrogens with one attached hydrogen (secondary N) is 1. The highest BCUT2D eigenvalue weighted by Crippen LogP contribution is 2.28. The van der Waals surface area contributed by atoms with Crippen LogP contribution in [0.15, 0.2) is 18.2 Å². The molecule has 1 aromatic rings. The molecule has 2 atom stereocenters. The van der Waals surface area contributed by atoms with E-state index in [0.29, 0.717) is 5.02 Å². The van der Waals surface area contributed by atoms with Crippen LogP contribution in [0, 0.1) is 0 Å². The van der Waals surface area contributed by atoms with Crippen molar-refractivity contribution in [2.75, 3.05) is 5.32 Å². The smallest absolute Gasteiger partial charge is 0.337 e. The molecule has 5 nitrogen and oxygen atoms in total. The summed E-state index contributed by atoms with van der Waals surface area (Å²) in [6.07, 6.45) is 2.85. The molecular formula is C15H19ClN2O3. The van der Waals surface area contributed by atoms with Crippen LogP contribution < -0.4 is 5.32 Å². The summed E-state index contributed by atoms with van der Waals surface area (Å²) in [6.45, 7) is 4.06. The zero-order chi connectivity index (χ0) is 15.6. The van der Waals surface area contributed by atoms with Crippen molar-refractivity contribution < 1.29 is 14.7 Å². The quantitative estimate of drug-likeness (QED) is 0.891. The largest absolute Gasteiger partial charge is 0.478 e. The van der Waals surface area contributed by atoms with E-state index in [4.69, 9.17) is 11.6 Å². The Labute approximate surface area is 128 Å². The number of nitrogens with zero attached hydrogens (tertiary/aromatic N) is 1. The maximum Gasteiger partial charge on any atom is 0.337 e. The molecule has 0 radical (unpaired) electrons. The van der Waals surface area contributed by atoms with Gasteiger partial charge in [-0.15, -0.1) is 0 Å². The normalized spacial score (nSPS) is 21.4. The van der Waals surface area contributed by atoms with Crippen LogP contribution in [0.5, 0.6) is 0 Å². The van der Waals surface area contributed by atoms with Crippen LogP contribution in [0.25, 0.3) is 0 Å². The Balaban J connectivity index is 2.22. The molecule has 6 heteroatoms. The van der Waals surface area contributed by atoms with Crippen LogP contribution in [-0.4, -0.2) is 34.1 Å². The van der Waals surface area contributed by atoms with Crippen molar-refractivity contribution in [2.45, 2.75) is 45.2 Å². The molecule has 0 aromatic heterocycles. The van der Waals surface area contributed by atoms with Gasteiger partial charge in [0.05, 0.1) is 11.3 Å². The average Bonchev–Trinajstić information content (AvgIpc) is 2.81. The fourth-order valence-electron chi connectivity index (χ4n) is 2.82. The Morgan fingerprint density at radius 3 is 2.76 bits per heavy atom. The number of hydrogen-bond acceptors (Lipinski definition) is 2. The van der Waals surface area contributed by atoms with Gasteiger partial charge >= 0.3 is 12.0 Å². The monoisotopic (exact) mass is 310 g/mol. The van der Waals surface area contributed by atoms with Gasteiger partial charge in [-0.3, -0.25) is 0 Å². The van der Waals surface area contributed by atoms with Crippen LogP contribution in [0.3, 0.4) is 0 Å². The van der Waals surface area contributed by atoms with Crippen LogP contribution in [0.4, 0.5) is 10.5 Å². The van der Waals surface area contributed by atoms with Crippen LogP contribution in [0.1, 0.15) is 43.5 Å². The molecule has 0 aliphatic carbocycles. The topological polar surface area (TPSA) is 69.6 Å². The molecule has 1 aliphatic heterocycles. The average molecular weight is 311 g/mol. The van der Waals surface area contributed by atoms with Gasteiger partial charge < -0.3 is 15.3 Å². The highest BCUT2D eigenvalue weighted by atomic mass is 35.5. The molecule has 0 bridgehead atoms. The van der Waals surface area contributed by atoms with E-state index in [-0.39, 0.29) is 29.4 Å². The van der Waals surface area contributed by atoms with Gasteiger partial charge in [-0.1, -0.05) is 18.5 Å². The van der Waals surface area contributed by atoms with Crippen molar-refractivity contribution in [3.05, 3.63) is 28.8 Å². The highest BCUT2D eigenvalue weighted by molar-refractivity contribution is 6.31. The Hall–Kier alpha value is -1.75. The Morgan fingerprint density at radius 1 is 1.43 bits per heavy atom. The molecule has 1 aliphatic rings. The van der Waals surface area contributed by atoms with Crippen molar-refractivity contribution in [3.8, 4) is 0 Å². The number of carbonyl (C=O) groups is 2. The maximum absolute atomic E-state index is 12.4. The summed E-state index contributed by atoms with van der Waals surface area (Å²) in [7, 11) is 0. The zero-order valence-corrected chi connectivity index (χ0v) is 12.9. The molecular weight excluding hydrogens is 292 g/mol. The maximum atomic E-state index is 12.4. The predicted molar refractivity (Wildman–Crippen MR) is 82.0 cm³/mol. The first-order valence-corrected chi connectivity index (χ1v) is 7.44. The number of halogens is 1. The van der Waals surface area contributed by atoms with Gasteiger partial charge in [-0.2, -0.15) is 0 Å². The SMILES string of the molecule is CCC1CCC(C)N1C(=O)Nc1ccc(Cl)cc1C(=O)O. The van der Waals surface area contributed by atoms with E-state index in [0.717, 1.165) is 19.3 Å². The van der Waals surface area contributed by atoms with Crippen molar-refractivity contribution in [1.82, 2.24) is 4.90 Å². The molecule has 2 N–H and O–H groups in total. The van der Waals surface area contributed by atoms with Gasteiger partial charge in [-0.05, 0) is 44.4 Å². The molecule has 1 aromatic carbocycles. The van der Waals surface area contributed by atoms with E-state index in [1.807, 2.05) is 13.8 Å². The van der Waals surface area contributed by atoms with E-state index < -0.39 is 5.97 Å². The lowest BCUT2D eigenvalue weighted by Gasteiger charge is -2.28. The van der Waals surface area contributed by atoms with E-state index >= 15 is 0 Å². The summed E-state index contributed by atoms with van der Waals surface area (Å²) in [5.41, 5.74) is 0.265. The van der Waals surface area contributed by atoms with Crippen LogP contribution >= 0.6 is 11.6 Å². The number of aromatic carboxylic acids is 1. The van der Waals surface area contributed by atoms with Crippen LogP contribution in [0.2, 0.25) is 5.02 Å². The summed E-state index contributed by atoms with van der Waals surface area (Å²) in [5, 5.41) is 12.2. The van der Waals surface area contributed by atoms with Gasteiger partial charge in [0, 0.05) is 17.1 Å². The van der Waals surface area contributed by atoms with Gasteiger partial charge in [0.1, 0.15) is 0 Å². The lowest BCUT2D eigenvalue weighted by atomic mass is 10.1. The van der Waals surface area contributed by atoms with E-state index in [1.54, 1.807) is 11.0 Å². The minimum absolute atomic E-state index is 0.00394. The number of amides is 2. The number of benzene rings is 1. The third-order valence-corrected chi connectivity index (χ3v) is 4.18. The zero-order valence-electron chi connectivity index (χ0n) is 12.1. The predicted octanol–water partition coefficient (Wildman–Crippen LogP) is 3.83. The lowest BCUT2D eigenvalue weighted by Crippen LogP contribution is -2.42. The molecule has 0 spiro atoms. The first-order chi connectivity index (χ1) is 9.93. The Bertz CT molecular complexity index is 562. The number of anilines is 1. The minimum Gasteiger partial charge on any atom is -0.478 e. The molecule has 2 amide bonds. The second-order valence-corrected chi connectivity index (χ2v) is 5.76. The molecule has 114 valence electrons. The van der Waals surface area contributed by atoms with Crippen molar-refractivity contribution >= 4 is 29.3 Å². The number of rotatable bonds is 3. The summed E-state index contributed by atoms with van der Waals surface area (Å²) in [4.78, 5) is 25.5. The molecule has 21 heavy (non-hydrogen) atoms. The fourth-order valence-corrected chi connectivity index (χ4v) is 2.99. The molecule has 1 fully saturated rings. The standard InChI is InChI=1S/C15H19ClN2O3/c1-3-11-6-4-9(2)18(11)15(21)17-13-7-5-10(16)8-12(13)14(19)20/h5,7-9,11H,3-4,6H2,1-2H3,(H,17,21)(H,19,20). The molecule has 1 heterocycles. The number of hydrogen-bond donors (Lipinski definition) is 2. The van der Waals surface area contributed by atoms with Gasteiger partial charge in [0.2, 0.25) is 0 Å². The number of urea groups is 1. The third-order valence-electron chi connectivity index (χ3n) is 3.95. The fraction of sp³-hybridized carbons (Fsp3) is 0.467. The summed E-state index contributed by atoms with van der Waals surface area (Å²) in [5.74, 6) is -1.12. The summed E-state index contributed by atoms with van der Waals surface area (Å²) >= 11 is 5.81. The highest BCUT2D eigenvalue weighted by Gasteiger charge is 2.33. The Morgan fingerprint density at radius 2 is 2.14 bits per heavy atom. The molecule has 1 saturated heterocycles. The number of carboxylic acids is 1. The molecule has 0 saturated carbocycles. The Kier molecular flexibility index (Phi) is 4.73. The molecule has 2 rings (SSSR count). The first kappa shape index (κ1) is 15.6. The number of carbonyl (C=O) groups excluding carboxylic acids is 1. The third kappa shape index (κ3) is 3.29. The van der Waals surface area contributed by atoms with Crippen LogP contribution in [-0.2, 0) is 0 Å². The van der Waals surface area contributed by atoms with Gasteiger partial charge in [0.25, 0.3) is 0 Å². The minimum atomic E-state index is -1.12. The second-order valence-electron chi connectivity index (χ2n) is 5.32.